The van der Waals surface area contributed by atoms with Crippen molar-refractivity contribution in [3.05, 3.63) is 59.7 Å². The van der Waals surface area contributed by atoms with Gasteiger partial charge >= 0.3 is 0 Å². The summed E-state index contributed by atoms with van der Waals surface area (Å²) >= 11 is 0. The average Bonchev–Trinajstić information content (AvgIpc) is 2.78. The first-order valence-corrected chi connectivity index (χ1v) is 11.4. The molecule has 1 aromatic carbocycles. The zero-order valence-corrected chi connectivity index (χ0v) is 20.1. The van der Waals surface area contributed by atoms with Gasteiger partial charge in [-0.1, -0.05) is 49.6 Å². The summed E-state index contributed by atoms with van der Waals surface area (Å²) in [5, 5.41) is 11.8. The maximum atomic E-state index is 11.9. The Morgan fingerprint density at radius 2 is 1.94 bits per heavy atom. The van der Waals surface area contributed by atoms with Crippen molar-refractivity contribution in [1.82, 2.24) is 5.32 Å². The van der Waals surface area contributed by atoms with Gasteiger partial charge in [-0.3, -0.25) is 4.79 Å². The van der Waals surface area contributed by atoms with Gasteiger partial charge in [0.25, 0.3) is 5.91 Å². The predicted molar refractivity (Wildman–Crippen MR) is 131 cm³/mol. The quantitative estimate of drug-likeness (QED) is 0.490. The van der Waals surface area contributed by atoms with Crippen molar-refractivity contribution in [2.75, 3.05) is 20.3 Å². The predicted octanol–water partition coefficient (Wildman–Crippen LogP) is 4.79. The van der Waals surface area contributed by atoms with Crippen LogP contribution in [0.2, 0.25) is 0 Å². The summed E-state index contributed by atoms with van der Waals surface area (Å²) in [6.45, 7) is 13.0. The van der Waals surface area contributed by atoms with Crippen molar-refractivity contribution in [2.45, 2.75) is 77.9 Å². The summed E-state index contributed by atoms with van der Waals surface area (Å²) in [5.74, 6) is -0.155. The fourth-order valence-corrected chi connectivity index (χ4v) is 3.61. The van der Waals surface area contributed by atoms with Crippen LogP contribution in [0.3, 0.4) is 0 Å². The standard InChI is InChI=1S/C13H19NO3.C11H21N.C2H4/c1-10(15)9-14-13(16)12-6-4-3-5-11(12)7-8-17-2;1-3-5-10-8-11(12)7-6-9(10)4-2;1-2/h3-6,10,15H,7-9H2,1-2H3,(H,14,16);11H,3-8,12H2,1-2H3;1-2H2. The number of rotatable bonds is 9. The lowest BCUT2D eigenvalue weighted by molar-refractivity contribution is 0.0922. The molecule has 2 atom stereocenters. The summed E-state index contributed by atoms with van der Waals surface area (Å²) < 4.78 is 5.01. The second kappa shape index (κ2) is 17.7. The van der Waals surface area contributed by atoms with Crippen molar-refractivity contribution in [2.24, 2.45) is 5.73 Å². The Morgan fingerprint density at radius 3 is 2.52 bits per heavy atom. The molecule has 0 bridgehead atoms. The minimum absolute atomic E-state index is 0.155. The molecule has 1 aliphatic carbocycles. The molecule has 2 rings (SSSR count). The highest BCUT2D eigenvalue weighted by atomic mass is 16.5. The summed E-state index contributed by atoms with van der Waals surface area (Å²) in [4.78, 5) is 11.9. The van der Waals surface area contributed by atoms with E-state index in [2.05, 4.69) is 32.3 Å². The molecule has 176 valence electrons. The smallest absolute Gasteiger partial charge is 0.251 e. The molecule has 0 aliphatic heterocycles. The van der Waals surface area contributed by atoms with Crippen LogP contribution >= 0.6 is 0 Å². The van der Waals surface area contributed by atoms with E-state index in [1.54, 1.807) is 31.2 Å². The minimum atomic E-state index is -0.537. The summed E-state index contributed by atoms with van der Waals surface area (Å²) in [6.07, 6.45) is 7.57. The van der Waals surface area contributed by atoms with E-state index < -0.39 is 6.10 Å². The fourth-order valence-electron chi connectivity index (χ4n) is 3.61. The van der Waals surface area contributed by atoms with Gasteiger partial charge in [-0.05, 0) is 57.1 Å². The maximum Gasteiger partial charge on any atom is 0.251 e. The number of aliphatic hydroxyl groups excluding tert-OH is 1. The molecule has 0 aromatic heterocycles. The van der Waals surface area contributed by atoms with Crippen molar-refractivity contribution >= 4 is 5.91 Å². The van der Waals surface area contributed by atoms with E-state index in [4.69, 9.17) is 15.6 Å². The van der Waals surface area contributed by atoms with E-state index in [1.807, 2.05) is 18.2 Å². The number of aliphatic hydroxyl groups is 1. The lowest BCUT2D eigenvalue weighted by Crippen LogP contribution is -2.31. The molecule has 0 fully saturated rings. The Morgan fingerprint density at radius 1 is 1.26 bits per heavy atom. The summed E-state index contributed by atoms with van der Waals surface area (Å²) in [6, 6.07) is 7.87. The molecule has 0 spiro atoms. The van der Waals surface area contributed by atoms with E-state index in [1.165, 1.54) is 32.1 Å². The Hall–Kier alpha value is -1.95. The average molecular weight is 433 g/mol. The molecule has 0 heterocycles. The topological polar surface area (TPSA) is 84.6 Å². The number of hydrogen-bond acceptors (Lipinski definition) is 4. The molecule has 0 radical (unpaired) electrons. The molecule has 1 aromatic rings. The number of amides is 1. The minimum Gasteiger partial charge on any atom is -0.392 e. The van der Waals surface area contributed by atoms with E-state index in [9.17, 15) is 4.79 Å². The Bertz CT molecular complexity index is 656. The summed E-state index contributed by atoms with van der Waals surface area (Å²) in [5.41, 5.74) is 10.9. The Kier molecular flexibility index (Phi) is 16.6. The number of nitrogens with two attached hydrogens (primary N) is 1. The zero-order valence-electron chi connectivity index (χ0n) is 20.1. The number of ether oxygens (including phenoxy) is 1. The third kappa shape index (κ3) is 11.9. The fraction of sp³-hybridized carbons (Fsp3) is 0.577. The number of hydrogen-bond donors (Lipinski definition) is 3. The highest BCUT2D eigenvalue weighted by Crippen LogP contribution is 2.28. The number of nitrogens with one attached hydrogen (secondary N) is 1. The van der Waals surface area contributed by atoms with Gasteiger partial charge in [0.1, 0.15) is 0 Å². The Labute approximate surface area is 189 Å². The van der Waals surface area contributed by atoms with E-state index in [0.29, 0.717) is 24.6 Å². The third-order valence-electron chi connectivity index (χ3n) is 5.20. The molecule has 1 amide bonds. The van der Waals surface area contributed by atoms with Gasteiger partial charge in [0.15, 0.2) is 0 Å². The van der Waals surface area contributed by atoms with Crippen LogP contribution in [0, 0.1) is 0 Å². The SMILES string of the molecule is C=C.CCCC1=C(CC)CCC(N)C1.COCCc1ccccc1C(=O)NCC(C)O. The van der Waals surface area contributed by atoms with Gasteiger partial charge in [-0.15, -0.1) is 13.2 Å². The van der Waals surface area contributed by atoms with Crippen molar-refractivity contribution < 1.29 is 14.6 Å². The number of methoxy groups -OCH3 is 1. The summed E-state index contributed by atoms with van der Waals surface area (Å²) in [7, 11) is 1.64. The van der Waals surface area contributed by atoms with E-state index in [-0.39, 0.29) is 12.5 Å². The van der Waals surface area contributed by atoms with Gasteiger partial charge in [-0.25, -0.2) is 0 Å². The number of allylic oxidation sites excluding steroid dienone is 1. The van der Waals surface area contributed by atoms with Crippen LogP contribution in [-0.2, 0) is 11.2 Å². The molecule has 31 heavy (non-hydrogen) atoms. The molecule has 4 N–H and O–H groups in total. The molecule has 1 aliphatic rings. The molecular weight excluding hydrogens is 388 g/mol. The van der Waals surface area contributed by atoms with Gasteiger partial charge in [0.05, 0.1) is 12.7 Å². The maximum absolute atomic E-state index is 11.9. The van der Waals surface area contributed by atoms with E-state index in [0.717, 1.165) is 12.0 Å². The van der Waals surface area contributed by atoms with Crippen LogP contribution in [0.4, 0.5) is 0 Å². The monoisotopic (exact) mass is 432 g/mol. The first-order valence-electron chi connectivity index (χ1n) is 11.4. The molecule has 5 heteroatoms. The van der Waals surface area contributed by atoms with Gasteiger partial charge in [-0.2, -0.15) is 0 Å². The van der Waals surface area contributed by atoms with Crippen LogP contribution < -0.4 is 11.1 Å². The highest BCUT2D eigenvalue weighted by Gasteiger charge is 2.16. The van der Waals surface area contributed by atoms with Gasteiger partial charge < -0.3 is 20.9 Å². The van der Waals surface area contributed by atoms with Crippen molar-refractivity contribution in [1.29, 1.82) is 0 Å². The molecule has 2 unspecified atom stereocenters. The first-order chi connectivity index (χ1) is 14.9. The highest BCUT2D eigenvalue weighted by molar-refractivity contribution is 5.95. The Balaban J connectivity index is 0.000000564. The van der Waals surface area contributed by atoms with Crippen LogP contribution in [0.15, 0.2) is 48.6 Å². The van der Waals surface area contributed by atoms with Gasteiger partial charge in [0.2, 0.25) is 0 Å². The largest absolute Gasteiger partial charge is 0.392 e. The zero-order chi connectivity index (χ0) is 23.6. The lowest BCUT2D eigenvalue weighted by atomic mass is 9.85. The van der Waals surface area contributed by atoms with Crippen molar-refractivity contribution in [3.8, 4) is 0 Å². The second-order valence-corrected chi connectivity index (χ2v) is 7.77. The number of benzene rings is 1. The van der Waals surface area contributed by atoms with Crippen LogP contribution in [0.25, 0.3) is 0 Å². The van der Waals surface area contributed by atoms with Gasteiger partial charge in [0, 0.05) is 25.3 Å². The van der Waals surface area contributed by atoms with Crippen LogP contribution in [0.5, 0.6) is 0 Å². The second-order valence-electron chi connectivity index (χ2n) is 7.77. The molecule has 0 saturated heterocycles. The lowest BCUT2D eigenvalue weighted by Gasteiger charge is -2.24. The number of carbonyl (C=O) groups is 1. The van der Waals surface area contributed by atoms with Crippen molar-refractivity contribution in [3.63, 3.8) is 0 Å². The van der Waals surface area contributed by atoms with Crippen LogP contribution in [-0.4, -0.2) is 43.4 Å². The first kappa shape index (κ1) is 29.1. The third-order valence-corrected chi connectivity index (χ3v) is 5.20. The molecule has 5 nitrogen and oxygen atoms in total. The molecule has 0 saturated carbocycles. The van der Waals surface area contributed by atoms with Crippen LogP contribution in [0.1, 0.15) is 75.2 Å². The normalized spacial score (nSPS) is 16.4. The van der Waals surface area contributed by atoms with E-state index >= 15 is 0 Å². The molecular formula is C26H44N2O3. The number of carbonyl (C=O) groups excluding carboxylic acids is 1.